The van der Waals surface area contributed by atoms with Gasteiger partial charge in [0.1, 0.15) is 29.5 Å². The smallest absolute Gasteiger partial charge is 0.202 e. The molecule has 0 spiro atoms. The minimum atomic E-state index is -1.95. The Labute approximate surface area is 158 Å². The lowest BCUT2D eigenvalue weighted by molar-refractivity contribution is -0.141. The van der Waals surface area contributed by atoms with Crippen LogP contribution in [0.1, 0.15) is 49.4 Å². The fourth-order valence-electron chi connectivity index (χ4n) is 4.05. The number of carbonyl (C=O) groups is 3. The molecule has 1 atom stereocenters. The van der Waals surface area contributed by atoms with Gasteiger partial charge in [0.25, 0.3) is 0 Å². The van der Waals surface area contributed by atoms with Gasteiger partial charge in [-0.3, -0.25) is 14.4 Å². The van der Waals surface area contributed by atoms with Crippen LogP contribution in [-0.2, 0) is 17.6 Å². The summed E-state index contributed by atoms with van der Waals surface area (Å²) in [5.41, 5.74) is -3.03. The van der Waals surface area contributed by atoms with Crippen molar-refractivity contribution in [2.24, 2.45) is 0 Å². The third kappa shape index (κ3) is 2.22. The van der Waals surface area contributed by atoms with Gasteiger partial charge >= 0.3 is 0 Å². The number of carbonyl (C=O) groups excluding carboxylic acids is 3. The number of ketones is 3. The van der Waals surface area contributed by atoms with Crippen LogP contribution in [0, 0.1) is 0 Å². The molecule has 0 aliphatic heterocycles. The van der Waals surface area contributed by atoms with E-state index in [1.165, 1.54) is 18.2 Å². The van der Waals surface area contributed by atoms with Crippen molar-refractivity contribution >= 4 is 17.3 Å². The average Bonchev–Trinajstić information content (AvgIpc) is 2.67. The molecule has 0 heterocycles. The van der Waals surface area contributed by atoms with Crippen molar-refractivity contribution in [2.45, 2.75) is 24.9 Å². The van der Waals surface area contributed by atoms with Crippen LogP contribution in [-0.4, -0.2) is 55.1 Å². The molecule has 4 rings (SSSR count). The van der Waals surface area contributed by atoms with Crippen LogP contribution in [0.3, 0.4) is 0 Å². The van der Waals surface area contributed by atoms with E-state index < -0.39 is 64.4 Å². The van der Waals surface area contributed by atoms with Crippen LogP contribution in [0.5, 0.6) is 17.2 Å². The third-order valence-corrected chi connectivity index (χ3v) is 5.55. The summed E-state index contributed by atoms with van der Waals surface area (Å²) in [7, 11) is 0. The molecule has 8 heteroatoms. The highest BCUT2D eigenvalue weighted by atomic mass is 16.3. The SMILES string of the molecule is O=C1c2cccc(O)c2C(=O)c2c(O)c3c(c(O)c21)C[C@@](O)(C(=O)CO)CC3. The first kappa shape index (κ1) is 18.1. The third-order valence-electron chi connectivity index (χ3n) is 5.55. The van der Waals surface area contributed by atoms with Gasteiger partial charge in [-0.15, -0.1) is 0 Å². The Bertz CT molecular complexity index is 1080. The number of hydrogen-bond acceptors (Lipinski definition) is 8. The minimum Gasteiger partial charge on any atom is -0.507 e. The van der Waals surface area contributed by atoms with E-state index in [1.807, 2.05) is 0 Å². The van der Waals surface area contributed by atoms with Crippen molar-refractivity contribution in [3.8, 4) is 17.2 Å². The lowest BCUT2D eigenvalue weighted by atomic mass is 9.73. The van der Waals surface area contributed by atoms with E-state index in [-0.39, 0.29) is 35.1 Å². The van der Waals surface area contributed by atoms with Gasteiger partial charge < -0.3 is 25.5 Å². The molecule has 28 heavy (non-hydrogen) atoms. The summed E-state index contributed by atoms with van der Waals surface area (Å²) in [6.45, 7) is -0.895. The Kier molecular flexibility index (Phi) is 3.81. The summed E-state index contributed by atoms with van der Waals surface area (Å²) in [5, 5.41) is 51.1. The molecule has 0 aromatic heterocycles. The van der Waals surface area contributed by atoms with Gasteiger partial charge in [0.15, 0.2) is 11.6 Å². The Balaban J connectivity index is 1.97. The van der Waals surface area contributed by atoms with Crippen LogP contribution >= 0.6 is 0 Å². The first-order valence-corrected chi connectivity index (χ1v) is 8.58. The molecule has 8 nitrogen and oxygen atoms in total. The second-order valence-electron chi connectivity index (χ2n) is 7.05. The molecule has 0 saturated carbocycles. The molecule has 2 aliphatic carbocycles. The van der Waals surface area contributed by atoms with Crippen LogP contribution in [0.25, 0.3) is 0 Å². The largest absolute Gasteiger partial charge is 0.507 e. The number of phenols is 3. The molecule has 2 aliphatic rings. The first-order valence-electron chi connectivity index (χ1n) is 8.58. The standard InChI is InChI=1S/C20H16O8/c21-7-12(23)20(28)5-4-8-10(6-20)18(26)14-15(16(8)24)19(27)13-9(17(14)25)2-1-3-11(13)22/h1-3,21-22,24,26,28H,4-7H2/t20-/m1/s1. The summed E-state index contributed by atoms with van der Waals surface area (Å²) in [4.78, 5) is 37.7. The second kappa shape index (κ2) is 5.88. The zero-order valence-electron chi connectivity index (χ0n) is 14.5. The molecule has 0 fully saturated rings. The highest BCUT2D eigenvalue weighted by Crippen LogP contribution is 2.47. The van der Waals surface area contributed by atoms with Crippen molar-refractivity contribution in [3.63, 3.8) is 0 Å². The van der Waals surface area contributed by atoms with Crippen molar-refractivity contribution < 1.29 is 39.9 Å². The van der Waals surface area contributed by atoms with E-state index in [4.69, 9.17) is 5.11 Å². The molecule has 2 aromatic rings. The number of phenolic OH excluding ortho intramolecular Hbond substituents is 3. The normalized spacial score (nSPS) is 20.4. The monoisotopic (exact) mass is 384 g/mol. The van der Waals surface area contributed by atoms with Crippen molar-refractivity contribution in [1.82, 2.24) is 0 Å². The van der Waals surface area contributed by atoms with E-state index in [0.29, 0.717) is 0 Å². The predicted octanol–water partition coefficient (Wildman–Crippen LogP) is 0.360. The van der Waals surface area contributed by atoms with E-state index in [0.717, 1.165) is 0 Å². The minimum absolute atomic E-state index is 0.0171. The van der Waals surface area contributed by atoms with E-state index >= 15 is 0 Å². The van der Waals surface area contributed by atoms with Gasteiger partial charge in [-0.25, -0.2) is 0 Å². The number of benzene rings is 2. The van der Waals surface area contributed by atoms with Gasteiger partial charge in [0.2, 0.25) is 5.78 Å². The molecule has 0 bridgehead atoms. The lowest BCUT2D eigenvalue weighted by Gasteiger charge is -2.34. The molecule has 5 N–H and O–H groups in total. The van der Waals surface area contributed by atoms with Crippen LogP contribution in [0.2, 0.25) is 0 Å². The first-order chi connectivity index (χ1) is 13.2. The van der Waals surface area contributed by atoms with Gasteiger partial charge in [0.05, 0.1) is 16.7 Å². The summed E-state index contributed by atoms with van der Waals surface area (Å²) in [6.07, 6.45) is -0.600. The summed E-state index contributed by atoms with van der Waals surface area (Å²) >= 11 is 0. The molecular formula is C20H16O8. The average molecular weight is 384 g/mol. The van der Waals surface area contributed by atoms with Gasteiger partial charge in [-0.05, 0) is 18.9 Å². The molecule has 0 saturated heterocycles. The topological polar surface area (TPSA) is 152 Å². The second-order valence-corrected chi connectivity index (χ2v) is 7.05. The van der Waals surface area contributed by atoms with E-state index in [9.17, 15) is 34.8 Å². The zero-order chi connectivity index (χ0) is 20.4. The van der Waals surface area contributed by atoms with Gasteiger partial charge in [-0.2, -0.15) is 0 Å². The van der Waals surface area contributed by atoms with Crippen molar-refractivity contribution in [1.29, 1.82) is 0 Å². The number of hydrogen-bond donors (Lipinski definition) is 5. The van der Waals surface area contributed by atoms with Crippen molar-refractivity contribution in [2.75, 3.05) is 6.61 Å². The van der Waals surface area contributed by atoms with Gasteiger partial charge in [-0.1, -0.05) is 12.1 Å². The van der Waals surface area contributed by atoms with Crippen LogP contribution < -0.4 is 0 Å². The maximum absolute atomic E-state index is 12.9. The van der Waals surface area contributed by atoms with Crippen molar-refractivity contribution in [3.05, 3.63) is 51.6 Å². The number of aliphatic hydroxyl groups excluding tert-OH is 1. The molecular weight excluding hydrogens is 368 g/mol. The predicted molar refractivity (Wildman–Crippen MR) is 93.8 cm³/mol. The van der Waals surface area contributed by atoms with E-state index in [1.54, 1.807) is 0 Å². The Morgan fingerprint density at radius 2 is 1.61 bits per heavy atom. The number of fused-ring (bicyclic) bond motifs is 3. The summed E-state index contributed by atoms with van der Waals surface area (Å²) in [5.74, 6) is -3.94. The maximum Gasteiger partial charge on any atom is 0.202 e. The number of Topliss-reactive ketones (excluding diaryl/α,β-unsaturated/α-hetero) is 1. The van der Waals surface area contributed by atoms with E-state index in [2.05, 4.69) is 0 Å². The maximum atomic E-state index is 12.9. The van der Waals surface area contributed by atoms with Gasteiger partial charge in [0, 0.05) is 23.1 Å². The number of rotatable bonds is 2. The Morgan fingerprint density at radius 3 is 2.29 bits per heavy atom. The lowest BCUT2D eigenvalue weighted by Crippen LogP contribution is -2.45. The van der Waals surface area contributed by atoms with Crippen LogP contribution in [0.15, 0.2) is 18.2 Å². The Morgan fingerprint density at radius 1 is 0.964 bits per heavy atom. The number of aliphatic hydroxyl groups is 2. The quantitative estimate of drug-likeness (QED) is 0.397. The highest BCUT2D eigenvalue weighted by molar-refractivity contribution is 6.31. The highest BCUT2D eigenvalue weighted by Gasteiger charge is 2.45. The van der Waals surface area contributed by atoms with Crippen LogP contribution in [0.4, 0.5) is 0 Å². The summed E-state index contributed by atoms with van der Waals surface area (Å²) < 4.78 is 0. The summed E-state index contributed by atoms with van der Waals surface area (Å²) in [6, 6.07) is 3.93. The Hall–Kier alpha value is -3.23. The number of aromatic hydroxyl groups is 3. The zero-order valence-corrected chi connectivity index (χ0v) is 14.5. The molecule has 0 radical (unpaired) electrons. The molecule has 2 aromatic carbocycles. The molecule has 0 amide bonds. The fourth-order valence-corrected chi connectivity index (χ4v) is 4.05. The fraction of sp³-hybridized carbons (Fsp3) is 0.250. The molecule has 144 valence electrons. The molecule has 0 unspecified atom stereocenters.